The molecule has 1 atom stereocenters. The summed E-state index contributed by atoms with van der Waals surface area (Å²) in [7, 11) is 0. The van der Waals surface area contributed by atoms with Crippen molar-refractivity contribution in [2.75, 3.05) is 26.3 Å². The third-order valence-corrected chi connectivity index (χ3v) is 3.82. The fourth-order valence-corrected chi connectivity index (χ4v) is 2.53. The molecule has 0 aliphatic heterocycles. The van der Waals surface area contributed by atoms with E-state index in [1.807, 2.05) is 0 Å². The maximum atomic E-state index is 11.9. The third kappa shape index (κ3) is 7.16. The maximum absolute atomic E-state index is 11.9. The SMILES string of the molecule is CCCNCC(C)(CCCOCC(F)(F)F)C1CC1. The van der Waals surface area contributed by atoms with E-state index in [-0.39, 0.29) is 12.0 Å². The van der Waals surface area contributed by atoms with Crippen molar-refractivity contribution in [3.8, 4) is 0 Å². The Morgan fingerprint density at radius 3 is 2.47 bits per heavy atom. The largest absolute Gasteiger partial charge is 0.411 e. The number of rotatable bonds is 10. The first kappa shape index (κ1) is 16.8. The lowest BCUT2D eigenvalue weighted by Crippen LogP contribution is -2.34. The Labute approximate surface area is 114 Å². The molecular weight excluding hydrogens is 255 g/mol. The molecule has 0 aromatic carbocycles. The lowest BCUT2D eigenvalue weighted by atomic mass is 9.80. The fourth-order valence-electron chi connectivity index (χ4n) is 2.53. The van der Waals surface area contributed by atoms with Crippen LogP contribution in [-0.4, -0.2) is 32.5 Å². The quantitative estimate of drug-likeness (QED) is 0.616. The minimum atomic E-state index is -4.21. The highest BCUT2D eigenvalue weighted by Crippen LogP contribution is 2.47. The number of alkyl halides is 3. The molecular formula is C14H26F3NO. The Morgan fingerprint density at radius 2 is 1.95 bits per heavy atom. The van der Waals surface area contributed by atoms with Gasteiger partial charge in [-0.2, -0.15) is 13.2 Å². The van der Waals surface area contributed by atoms with Gasteiger partial charge in [-0.05, 0) is 50.0 Å². The molecule has 0 saturated heterocycles. The second kappa shape index (κ2) is 7.48. The van der Waals surface area contributed by atoms with Gasteiger partial charge >= 0.3 is 6.18 Å². The van der Waals surface area contributed by atoms with E-state index < -0.39 is 12.8 Å². The van der Waals surface area contributed by atoms with Gasteiger partial charge in [0.05, 0.1) is 0 Å². The van der Waals surface area contributed by atoms with Crippen LogP contribution in [0.4, 0.5) is 13.2 Å². The average Bonchev–Trinajstić information content (AvgIpc) is 3.11. The van der Waals surface area contributed by atoms with E-state index in [9.17, 15) is 13.2 Å². The first-order chi connectivity index (χ1) is 8.87. The van der Waals surface area contributed by atoms with Crippen LogP contribution >= 0.6 is 0 Å². The van der Waals surface area contributed by atoms with Crippen molar-refractivity contribution < 1.29 is 17.9 Å². The lowest BCUT2D eigenvalue weighted by molar-refractivity contribution is -0.174. The fraction of sp³-hybridized carbons (Fsp3) is 1.00. The van der Waals surface area contributed by atoms with Crippen LogP contribution in [0.5, 0.6) is 0 Å². The first-order valence-corrected chi connectivity index (χ1v) is 7.22. The highest BCUT2D eigenvalue weighted by molar-refractivity contribution is 4.92. The van der Waals surface area contributed by atoms with Gasteiger partial charge in [-0.15, -0.1) is 0 Å². The van der Waals surface area contributed by atoms with Crippen molar-refractivity contribution in [2.45, 2.75) is 52.1 Å². The molecule has 1 saturated carbocycles. The molecule has 1 fully saturated rings. The van der Waals surface area contributed by atoms with Gasteiger partial charge < -0.3 is 10.1 Å². The average molecular weight is 281 g/mol. The summed E-state index contributed by atoms with van der Waals surface area (Å²) in [5, 5.41) is 3.44. The molecule has 0 aromatic rings. The Hall–Kier alpha value is -0.290. The maximum Gasteiger partial charge on any atom is 0.411 e. The molecule has 1 aliphatic rings. The van der Waals surface area contributed by atoms with E-state index in [1.54, 1.807) is 0 Å². The Balaban J connectivity index is 2.18. The van der Waals surface area contributed by atoms with Crippen molar-refractivity contribution in [1.29, 1.82) is 0 Å². The van der Waals surface area contributed by atoms with Gasteiger partial charge in [-0.1, -0.05) is 13.8 Å². The molecule has 0 radical (unpaired) electrons. The molecule has 0 spiro atoms. The highest BCUT2D eigenvalue weighted by Gasteiger charge is 2.40. The summed E-state index contributed by atoms with van der Waals surface area (Å²) >= 11 is 0. The molecule has 0 bridgehead atoms. The van der Waals surface area contributed by atoms with Gasteiger partial charge in [-0.3, -0.25) is 0 Å². The monoisotopic (exact) mass is 281 g/mol. The van der Waals surface area contributed by atoms with E-state index in [4.69, 9.17) is 0 Å². The minimum absolute atomic E-state index is 0.204. The van der Waals surface area contributed by atoms with E-state index in [1.165, 1.54) is 12.8 Å². The lowest BCUT2D eigenvalue weighted by Gasteiger charge is -2.30. The predicted octanol–water partition coefficient (Wildman–Crippen LogP) is 3.76. The van der Waals surface area contributed by atoms with Gasteiger partial charge in [0.15, 0.2) is 0 Å². The van der Waals surface area contributed by atoms with Crippen molar-refractivity contribution in [2.24, 2.45) is 11.3 Å². The second-order valence-electron chi connectivity index (χ2n) is 5.88. The van der Waals surface area contributed by atoms with Gasteiger partial charge in [0, 0.05) is 13.2 Å². The van der Waals surface area contributed by atoms with Crippen LogP contribution in [0.25, 0.3) is 0 Å². The number of ether oxygens (including phenoxy) is 1. The molecule has 19 heavy (non-hydrogen) atoms. The van der Waals surface area contributed by atoms with Gasteiger partial charge in [-0.25, -0.2) is 0 Å². The van der Waals surface area contributed by atoms with E-state index in [2.05, 4.69) is 23.9 Å². The molecule has 2 nitrogen and oxygen atoms in total. The molecule has 0 amide bonds. The summed E-state index contributed by atoms with van der Waals surface area (Å²) in [5.41, 5.74) is 0.219. The van der Waals surface area contributed by atoms with Gasteiger partial charge in [0.1, 0.15) is 6.61 Å². The van der Waals surface area contributed by atoms with Crippen molar-refractivity contribution in [3.63, 3.8) is 0 Å². The molecule has 1 unspecified atom stereocenters. The van der Waals surface area contributed by atoms with Gasteiger partial charge in [0.25, 0.3) is 0 Å². The molecule has 0 aromatic heterocycles. The van der Waals surface area contributed by atoms with E-state index in [0.29, 0.717) is 6.42 Å². The summed E-state index contributed by atoms with van der Waals surface area (Å²) in [6.07, 6.45) is 1.06. The number of halogens is 3. The molecule has 114 valence electrons. The predicted molar refractivity (Wildman–Crippen MR) is 70.1 cm³/mol. The van der Waals surface area contributed by atoms with E-state index >= 15 is 0 Å². The summed E-state index contributed by atoms with van der Waals surface area (Å²) in [5.74, 6) is 0.736. The Morgan fingerprint density at radius 1 is 1.26 bits per heavy atom. The molecule has 5 heteroatoms. The second-order valence-corrected chi connectivity index (χ2v) is 5.88. The first-order valence-electron chi connectivity index (χ1n) is 7.22. The van der Waals surface area contributed by atoms with Crippen LogP contribution in [0, 0.1) is 11.3 Å². The minimum Gasteiger partial charge on any atom is -0.372 e. The van der Waals surface area contributed by atoms with Crippen LogP contribution in [0.3, 0.4) is 0 Å². The number of hydrogen-bond acceptors (Lipinski definition) is 2. The Kier molecular flexibility index (Phi) is 6.60. The van der Waals surface area contributed by atoms with E-state index in [0.717, 1.165) is 31.8 Å². The van der Waals surface area contributed by atoms with Crippen molar-refractivity contribution >= 4 is 0 Å². The van der Waals surface area contributed by atoms with Crippen LogP contribution in [-0.2, 0) is 4.74 Å². The third-order valence-electron chi connectivity index (χ3n) is 3.82. The summed E-state index contributed by atoms with van der Waals surface area (Å²) < 4.78 is 40.5. The molecule has 1 rings (SSSR count). The summed E-state index contributed by atoms with van der Waals surface area (Å²) in [6.45, 7) is 5.43. The molecule has 0 heterocycles. The Bertz CT molecular complexity index is 254. The van der Waals surface area contributed by atoms with Crippen molar-refractivity contribution in [3.05, 3.63) is 0 Å². The van der Waals surface area contributed by atoms with Gasteiger partial charge in [0.2, 0.25) is 0 Å². The van der Waals surface area contributed by atoms with Crippen molar-refractivity contribution in [1.82, 2.24) is 5.32 Å². The topological polar surface area (TPSA) is 21.3 Å². The zero-order valence-electron chi connectivity index (χ0n) is 12.0. The summed E-state index contributed by atoms with van der Waals surface area (Å²) in [6, 6.07) is 0. The normalized spacial score (nSPS) is 19.4. The number of nitrogens with one attached hydrogen (secondary N) is 1. The van der Waals surface area contributed by atoms with Crippen LogP contribution in [0.2, 0.25) is 0 Å². The molecule has 1 N–H and O–H groups in total. The smallest absolute Gasteiger partial charge is 0.372 e. The standard InChI is InChI=1S/C14H26F3NO/c1-3-8-18-10-13(2,12-5-6-12)7-4-9-19-11-14(15,16)17/h12,18H,3-11H2,1-2H3. The van der Waals surface area contributed by atoms with Crippen LogP contribution < -0.4 is 5.32 Å². The molecule has 1 aliphatic carbocycles. The van der Waals surface area contributed by atoms with Crippen LogP contribution in [0.1, 0.15) is 46.0 Å². The zero-order valence-corrected chi connectivity index (χ0v) is 12.0. The van der Waals surface area contributed by atoms with Crippen LogP contribution in [0.15, 0.2) is 0 Å². The highest BCUT2D eigenvalue weighted by atomic mass is 19.4. The zero-order chi connectivity index (χ0) is 14.4. The summed E-state index contributed by atoms with van der Waals surface area (Å²) in [4.78, 5) is 0. The number of hydrogen-bond donors (Lipinski definition) is 1.